The lowest BCUT2D eigenvalue weighted by atomic mass is 9.96. The van der Waals surface area contributed by atoms with Crippen molar-refractivity contribution >= 4 is 11.3 Å². The summed E-state index contributed by atoms with van der Waals surface area (Å²) >= 11 is 0. The molecule has 1 atom stereocenters. The number of carbonyl (C=O) groups is 1. The third-order valence-corrected chi connectivity index (χ3v) is 4.35. The van der Waals surface area contributed by atoms with Crippen LogP contribution in [0.3, 0.4) is 0 Å². The van der Waals surface area contributed by atoms with Gasteiger partial charge in [-0.2, -0.15) is 0 Å². The Kier molecular flexibility index (Phi) is 4.57. The number of aromatic nitrogens is 1. The molecule has 0 aliphatic rings. The zero-order valence-electron chi connectivity index (χ0n) is 14.4. The van der Waals surface area contributed by atoms with Gasteiger partial charge in [0.2, 0.25) is 0 Å². The van der Waals surface area contributed by atoms with Crippen molar-refractivity contribution < 1.29 is 9.28 Å². The third kappa shape index (κ3) is 3.00. The first-order valence-electron chi connectivity index (χ1n) is 7.82. The number of rotatable bonds is 6. The average molecular weight is 299 g/mol. The summed E-state index contributed by atoms with van der Waals surface area (Å²) in [5, 5.41) is 0. The molecule has 2 aromatic rings. The summed E-state index contributed by atoms with van der Waals surface area (Å²) in [6.45, 7) is 11.8. The van der Waals surface area contributed by atoms with Gasteiger partial charge in [0.05, 0.1) is 32.9 Å². The number of likely N-dealkylation sites (N-methyl/N-ethyl adjacent to an activating group) is 1. The summed E-state index contributed by atoms with van der Waals surface area (Å²) in [6, 6.07) is 6.13. The van der Waals surface area contributed by atoms with Crippen LogP contribution < -0.4 is 0 Å². The van der Waals surface area contributed by atoms with Gasteiger partial charge in [-0.05, 0) is 36.3 Å². The number of carbonyl (C=O) groups excluding carboxylic acids is 1. The van der Waals surface area contributed by atoms with E-state index in [9.17, 15) is 4.79 Å². The van der Waals surface area contributed by atoms with E-state index >= 15 is 0 Å². The first kappa shape index (κ1) is 16.5. The van der Waals surface area contributed by atoms with Crippen molar-refractivity contribution in [3.8, 4) is 0 Å². The molecule has 2 aromatic heterocycles. The van der Waals surface area contributed by atoms with E-state index in [1.165, 1.54) is 5.56 Å². The molecule has 3 nitrogen and oxygen atoms in total. The fourth-order valence-corrected chi connectivity index (χ4v) is 3.67. The minimum absolute atomic E-state index is 0.122. The zero-order valence-corrected chi connectivity index (χ0v) is 14.4. The number of Topliss-reactive ketones (excluding diaryl/α,β-unsaturated/α-hetero) is 1. The van der Waals surface area contributed by atoms with E-state index in [1.807, 2.05) is 28.8 Å². The van der Waals surface area contributed by atoms with Crippen molar-refractivity contribution in [1.82, 2.24) is 4.40 Å². The lowest BCUT2D eigenvalue weighted by Gasteiger charge is -2.31. The normalized spacial score (nSPS) is 13.3. The summed E-state index contributed by atoms with van der Waals surface area (Å²) in [5.74, 6) is 0.498. The summed E-state index contributed by atoms with van der Waals surface area (Å²) < 4.78 is 2.93. The lowest BCUT2D eigenvalue weighted by molar-refractivity contribution is -0.885. The van der Waals surface area contributed by atoms with Gasteiger partial charge in [-0.25, -0.2) is 0 Å². The molecule has 0 aliphatic heterocycles. The van der Waals surface area contributed by atoms with Crippen LogP contribution in [-0.2, 0) is 0 Å². The molecule has 0 bridgehead atoms. The molecule has 3 heteroatoms. The van der Waals surface area contributed by atoms with E-state index in [0.717, 1.165) is 34.3 Å². The van der Waals surface area contributed by atoms with Gasteiger partial charge in [0.1, 0.15) is 0 Å². The molecule has 118 valence electrons. The highest BCUT2D eigenvalue weighted by Gasteiger charge is 2.26. The fraction of sp³-hybridized carbons (Fsp3) is 0.421. The predicted molar refractivity (Wildman–Crippen MR) is 92.6 cm³/mol. The number of hydrogen-bond acceptors (Lipinski definition) is 1. The quantitative estimate of drug-likeness (QED) is 0.451. The monoisotopic (exact) mass is 299 g/mol. The SMILES string of the molecule is C=CC[N+](C)(C)CC(C)c1c(C)c(C(C)=O)n2ccccc12. The highest BCUT2D eigenvalue weighted by Crippen LogP contribution is 2.31. The van der Waals surface area contributed by atoms with E-state index in [4.69, 9.17) is 0 Å². The van der Waals surface area contributed by atoms with Crippen molar-refractivity contribution in [3.05, 3.63) is 53.9 Å². The molecule has 2 rings (SSSR count). The van der Waals surface area contributed by atoms with Gasteiger partial charge in [-0.1, -0.05) is 19.6 Å². The number of hydrogen-bond donors (Lipinski definition) is 0. The molecule has 1 unspecified atom stereocenters. The van der Waals surface area contributed by atoms with Crippen molar-refractivity contribution in [2.75, 3.05) is 27.2 Å². The Hall–Kier alpha value is -1.87. The van der Waals surface area contributed by atoms with Gasteiger partial charge in [0.15, 0.2) is 5.78 Å². The molecule has 0 N–H and O–H groups in total. The number of ketones is 1. The second-order valence-corrected chi connectivity index (χ2v) is 6.89. The smallest absolute Gasteiger partial charge is 0.176 e. The summed E-state index contributed by atoms with van der Waals surface area (Å²) in [5.41, 5.74) is 4.37. The Balaban J connectivity index is 2.53. The molecule has 22 heavy (non-hydrogen) atoms. The average Bonchev–Trinajstić information content (AvgIpc) is 2.69. The standard InChI is InChI=1S/C19H27N2O/c1-7-12-21(5,6)13-14(2)18-15(3)19(16(4)22)20-11-9-8-10-17(18)20/h7-11,14H,1,12-13H2,2-6H3/q+1. The van der Waals surface area contributed by atoms with Crippen molar-refractivity contribution in [3.63, 3.8) is 0 Å². The number of nitrogens with zero attached hydrogens (tertiary/aromatic N) is 2. The van der Waals surface area contributed by atoms with E-state index in [-0.39, 0.29) is 5.78 Å². The molecule has 0 fully saturated rings. The van der Waals surface area contributed by atoms with E-state index in [0.29, 0.717) is 5.92 Å². The lowest BCUT2D eigenvalue weighted by Crippen LogP contribution is -2.42. The first-order chi connectivity index (χ1) is 10.3. The van der Waals surface area contributed by atoms with Crippen LogP contribution in [0.2, 0.25) is 0 Å². The van der Waals surface area contributed by atoms with Gasteiger partial charge in [0, 0.05) is 24.6 Å². The largest absolute Gasteiger partial charge is 0.325 e. The minimum Gasteiger partial charge on any atom is -0.325 e. The molecule has 2 heterocycles. The number of fused-ring (bicyclic) bond motifs is 1. The Morgan fingerprint density at radius 3 is 2.68 bits per heavy atom. The Morgan fingerprint density at radius 2 is 2.09 bits per heavy atom. The van der Waals surface area contributed by atoms with Crippen LogP contribution in [0, 0.1) is 6.92 Å². The summed E-state index contributed by atoms with van der Waals surface area (Å²) in [4.78, 5) is 12.1. The number of quaternary nitrogens is 1. The molecule has 0 radical (unpaired) electrons. The second kappa shape index (κ2) is 6.09. The van der Waals surface area contributed by atoms with Gasteiger partial charge in [0.25, 0.3) is 0 Å². The van der Waals surface area contributed by atoms with E-state index in [2.05, 4.69) is 40.6 Å². The first-order valence-corrected chi connectivity index (χ1v) is 7.82. The number of pyridine rings is 1. The molecular weight excluding hydrogens is 272 g/mol. The Bertz CT molecular complexity index is 710. The van der Waals surface area contributed by atoms with Gasteiger partial charge < -0.3 is 8.88 Å². The topological polar surface area (TPSA) is 21.5 Å². The molecule has 0 saturated carbocycles. The van der Waals surface area contributed by atoms with Crippen LogP contribution in [0.5, 0.6) is 0 Å². The zero-order chi connectivity index (χ0) is 16.5. The van der Waals surface area contributed by atoms with Crippen LogP contribution in [0.25, 0.3) is 5.52 Å². The van der Waals surface area contributed by atoms with E-state index in [1.54, 1.807) is 6.92 Å². The van der Waals surface area contributed by atoms with Gasteiger partial charge in [-0.3, -0.25) is 4.79 Å². The second-order valence-electron chi connectivity index (χ2n) is 6.89. The van der Waals surface area contributed by atoms with Crippen LogP contribution in [0.1, 0.15) is 41.4 Å². The van der Waals surface area contributed by atoms with Crippen LogP contribution in [0.4, 0.5) is 0 Å². The van der Waals surface area contributed by atoms with E-state index < -0.39 is 0 Å². The molecular formula is C19H27N2O+. The van der Waals surface area contributed by atoms with Crippen molar-refractivity contribution in [2.45, 2.75) is 26.7 Å². The van der Waals surface area contributed by atoms with Crippen LogP contribution in [-0.4, -0.2) is 41.9 Å². The fourth-order valence-electron chi connectivity index (χ4n) is 3.67. The summed E-state index contributed by atoms with van der Waals surface area (Å²) in [7, 11) is 4.44. The van der Waals surface area contributed by atoms with Crippen LogP contribution in [0.15, 0.2) is 37.1 Å². The molecule has 0 spiro atoms. The molecule has 0 saturated heterocycles. The highest BCUT2D eigenvalue weighted by molar-refractivity contribution is 5.96. The van der Waals surface area contributed by atoms with Gasteiger partial charge in [-0.15, -0.1) is 0 Å². The maximum absolute atomic E-state index is 12.1. The Labute approximate surface area is 133 Å². The Morgan fingerprint density at radius 1 is 1.41 bits per heavy atom. The summed E-state index contributed by atoms with van der Waals surface area (Å²) in [6.07, 6.45) is 3.96. The molecule has 0 aliphatic carbocycles. The maximum Gasteiger partial charge on any atom is 0.176 e. The van der Waals surface area contributed by atoms with Gasteiger partial charge >= 0.3 is 0 Å². The maximum atomic E-state index is 12.1. The van der Waals surface area contributed by atoms with Crippen molar-refractivity contribution in [1.29, 1.82) is 0 Å². The third-order valence-electron chi connectivity index (χ3n) is 4.35. The highest BCUT2D eigenvalue weighted by atomic mass is 16.1. The van der Waals surface area contributed by atoms with Crippen molar-refractivity contribution in [2.24, 2.45) is 0 Å². The van der Waals surface area contributed by atoms with Crippen LogP contribution >= 0.6 is 0 Å². The molecule has 0 aromatic carbocycles. The minimum atomic E-state index is 0.122. The predicted octanol–water partition coefficient (Wildman–Crippen LogP) is 3.82. The molecule has 0 amide bonds.